The molecule has 0 fully saturated rings. The zero-order valence-electron chi connectivity index (χ0n) is 17.1. The van der Waals surface area contributed by atoms with E-state index in [2.05, 4.69) is 15.8 Å². The summed E-state index contributed by atoms with van der Waals surface area (Å²) >= 11 is 11.9. The highest BCUT2D eigenvalue weighted by atomic mass is 35.5. The third kappa shape index (κ3) is 7.04. The van der Waals surface area contributed by atoms with Crippen molar-refractivity contribution in [1.82, 2.24) is 10.7 Å². The van der Waals surface area contributed by atoms with E-state index < -0.39 is 11.9 Å². The van der Waals surface area contributed by atoms with Crippen molar-refractivity contribution in [2.24, 2.45) is 11.0 Å². The van der Waals surface area contributed by atoms with Gasteiger partial charge in [-0.25, -0.2) is 5.43 Å². The summed E-state index contributed by atoms with van der Waals surface area (Å²) < 4.78 is 5.67. The average molecular weight is 450 g/mol. The molecule has 0 heterocycles. The molecule has 0 spiro atoms. The SMILES string of the molecule is CCCOc1ccc(Cl)cc1/C=N\NC(=O)C(NC(=O)c1ccc(Cl)cc1)C(C)C. The number of hydrogen-bond donors (Lipinski definition) is 2. The molecule has 8 heteroatoms. The first kappa shape index (κ1) is 23.7. The first-order chi connectivity index (χ1) is 14.3. The van der Waals surface area contributed by atoms with E-state index in [1.807, 2.05) is 20.8 Å². The van der Waals surface area contributed by atoms with Crippen LogP contribution in [0.3, 0.4) is 0 Å². The number of hydrazone groups is 1. The molecule has 0 aromatic heterocycles. The topological polar surface area (TPSA) is 79.8 Å². The second-order valence-electron chi connectivity index (χ2n) is 6.97. The minimum Gasteiger partial charge on any atom is -0.493 e. The maximum Gasteiger partial charge on any atom is 0.262 e. The van der Waals surface area contributed by atoms with E-state index in [0.29, 0.717) is 33.5 Å². The van der Waals surface area contributed by atoms with Crippen LogP contribution in [0.15, 0.2) is 47.6 Å². The minimum absolute atomic E-state index is 0.147. The van der Waals surface area contributed by atoms with E-state index in [1.165, 1.54) is 6.21 Å². The largest absolute Gasteiger partial charge is 0.493 e. The van der Waals surface area contributed by atoms with Crippen LogP contribution in [0.5, 0.6) is 5.75 Å². The molecule has 160 valence electrons. The van der Waals surface area contributed by atoms with Gasteiger partial charge in [0.25, 0.3) is 11.8 Å². The van der Waals surface area contributed by atoms with E-state index in [1.54, 1.807) is 42.5 Å². The Kier molecular flexibility index (Phi) is 9.15. The van der Waals surface area contributed by atoms with E-state index in [-0.39, 0.29) is 11.8 Å². The fraction of sp³-hybridized carbons (Fsp3) is 0.318. The van der Waals surface area contributed by atoms with E-state index in [4.69, 9.17) is 27.9 Å². The summed E-state index contributed by atoms with van der Waals surface area (Å²) in [7, 11) is 0. The van der Waals surface area contributed by atoms with Crippen molar-refractivity contribution in [2.45, 2.75) is 33.2 Å². The molecule has 1 atom stereocenters. The molecule has 0 aliphatic carbocycles. The Morgan fingerprint density at radius 3 is 2.40 bits per heavy atom. The number of nitrogens with one attached hydrogen (secondary N) is 2. The van der Waals surface area contributed by atoms with Gasteiger partial charge in [-0.05, 0) is 54.8 Å². The molecular formula is C22H25Cl2N3O3. The Balaban J connectivity index is 2.06. The van der Waals surface area contributed by atoms with E-state index >= 15 is 0 Å². The Morgan fingerprint density at radius 1 is 1.10 bits per heavy atom. The standard InChI is InChI=1S/C22H25Cl2N3O3/c1-4-11-30-19-10-9-18(24)12-16(19)13-25-27-22(29)20(14(2)3)26-21(28)15-5-7-17(23)8-6-15/h5-10,12-14,20H,4,11H2,1-3H3,(H,26,28)(H,27,29)/b25-13-. The van der Waals surface area contributed by atoms with Crippen molar-refractivity contribution >= 4 is 41.2 Å². The lowest BCUT2D eigenvalue weighted by Crippen LogP contribution is -2.48. The van der Waals surface area contributed by atoms with Gasteiger partial charge in [0.1, 0.15) is 11.8 Å². The van der Waals surface area contributed by atoms with Gasteiger partial charge in [0, 0.05) is 21.2 Å². The summed E-state index contributed by atoms with van der Waals surface area (Å²) in [6.07, 6.45) is 2.33. The van der Waals surface area contributed by atoms with Gasteiger partial charge < -0.3 is 10.1 Å². The van der Waals surface area contributed by atoms with Crippen LogP contribution in [-0.2, 0) is 4.79 Å². The highest BCUT2D eigenvalue weighted by Crippen LogP contribution is 2.21. The van der Waals surface area contributed by atoms with Gasteiger partial charge in [-0.2, -0.15) is 5.10 Å². The number of benzene rings is 2. The predicted octanol–water partition coefficient (Wildman–Crippen LogP) is 4.69. The van der Waals surface area contributed by atoms with Crippen molar-refractivity contribution in [3.63, 3.8) is 0 Å². The van der Waals surface area contributed by atoms with Gasteiger partial charge in [0.05, 0.1) is 12.8 Å². The molecule has 2 aromatic carbocycles. The minimum atomic E-state index is -0.763. The highest BCUT2D eigenvalue weighted by Gasteiger charge is 2.24. The second kappa shape index (κ2) is 11.6. The van der Waals surface area contributed by atoms with Crippen molar-refractivity contribution in [3.05, 3.63) is 63.6 Å². The smallest absolute Gasteiger partial charge is 0.262 e. The molecule has 1 unspecified atom stereocenters. The van der Waals surface area contributed by atoms with Crippen molar-refractivity contribution in [2.75, 3.05) is 6.61 Å². The Bertz CT molecular complexity index is 899. The highest BCUT2D eigenvalue weighted by molar-refractivity contribution is 6.31. The molecule has 0 bridgehead atoms. The number of carbonyl (C=O) groups excluding carboxylic acids is 2. The van der Waals surface area contributed by atoms with E-state index in [0.717, 1.165) is 6.42 Å². The number of halogens is 2. The predicted molar refractivity (Wildman–Crippen MR) is 121 cm³/mol. The molecule has 0 saturated heterocycles. The van der Waals surface area contributed by atoms with Crippen LogP contribution in [0.1, 0.15) is 43.1 Å². The van der Waals surface area contributed by atoms with Crippen molar-refractivity contribution in [3.8, 4) is 5.75 Å². The lowest BCUT2D eigenvalue weighted by atomic mass is 10.0. The lowest BCUT2D eigenvalue weighted by Gasteiger charge is -2.20. The number of amides is 2. The zero-order chi connectivity index (χ0) is 22.1. The summed E-state index contributed by atoms with van der Waals surface area (Å²) in [5.74, 6) is -0.321. The van der Waals surface area contributed by atoms with Crippen LogP contribution in [0.25, 0.3) is 0 Å². The summed E-state index contributed by atoms with van der Waals surface area (Å²) in [4.78, 5) is 25.1. The molecule has 30 heavy (non-hydrogen) atoms. The summed E-state index contributed by atoms with van der Waals surface area (Å²) in [6, 6.07) is 10.9. The molecular weight excluding hydrogens is 425 g/mol. The molecule has 2 N–H and O–H groups in total. The van der Waals surface area contributed by atoms with Crippen LogP contribution < -0.4 is 15.5 Å². The molecule has 2 aromatic rings. The van der Waals surface area contributed by atoms with Gasteiger partial charge >= 0.3 is 0 Å². The maximum absolute atomic E-state index is 12.6. The molecule has 2 rings (SSSR count). The molecule has 0 aliphatic rings. The molecule has 0 aliphatic heterocycles. The fourth-order valence-electron chi connectivity index (χ4n) is 2.56. The zero-order valence-corrected chi connectivity index (χ0v) is 18.6. The molecule has 0 radical (unpaired) electrons. The summed E-state index contributed by atoms with van der Waals surface area (Å²) in [5, 5.41) is 7.81. The number of hydrogen-bond acceptors (Lipinski definition) is 4. The van der Waals surface area contributed by atoms with Crippen LogP contribution in [0.2, 0.25) is 10.0 Å². The van der Waals surface area contributed by atoms with Crippen molar-refractivity contribution in [1.29, 1.82) is 0 Å². The average Bonchev–Trinajstić information content (AvgIpc) is 2.71. The lowest BCUT2D eigenvalue weighted by molar-refractivity contribution is -0.123. The molecule has 2 amide bonds. The third-order valence-corrected chi connectivity index (χ3v) is 4.64. The van der Waals surface area contributed by atoms with Gasteiger partial charge in [0.15, 0.2) is 0 Å². The number of ether oxygens (including phenoxy) is 1. The van der Waals surface area contributed by atoms with Gasteiger partial charge in [0.2, 0.25) is 0 Å². The van der Waals surface area contributed by atoms with Gasteiger partial charge in [-0.15, -0.1) is 0 Å². The van der Waals surface area contributed by atoms with Crippen LogP contribution in [0, 0.1) is 5.92 Å². The maximum atomic E-state index is 12.6. The Labute approximate surface area is 186 Å². The first-order valence-electron chi connectivity index (χ1n) is 9.63. The summed E-state index contributed by atoms with van der Waals surface area (Å²) in [6.45, 7) is 6.24. The third-order valence-electron chi connectivity index (χ3n) is 4.15. The van der Waals surface area contributed by atoms with Crippen molar-refractivity contribution < 1.29 is 14.3 Å². The molecule has 0 saturated carbocycles. The normalized spacial score (nSPS) is 12.1. The van der Waals surface area contributed by atoms with Gasteiger partial charge in [-0.3, -0.25) is 9.59 Å². The van der Waals surface area contributed by atoms with Crippen LogP contribution in [-0.4, -0.2) is 30.7 Å². The monoisotopic (exact) mass is 449 g/mol. The second-order valence-corrected chi connectivity index (χ2v) is 7.84. The van der Waals surface area contributed by atoms with Crippen LogP contribution >= 0.6 is 23.2 Å². The van der Waals surface area contributed by atoms with Gasteiger partial charge in [-0.1, -0.05) is 44.0 Å². The number of carbonyl (C=O) groups is 2. The first-order valence-corrected chi connectivity index (χ1v) is 10.4. The fourth-order valence-corrected chi connectivity index (χ4v) is 2.87. The number of nitrogens with zero attached hydrogens (tertiary/aromatic N) is 1. The number of rotatable bonds is 9. The van der Waals surface area contributed by atoms with E-state index in [9.17, 15) is 9.59 Å². The Hall–Kier alpha value is -2.57. The van der Waals surface area contributed by atoms with Crippen LogP contribution in [0.4, 0.5) is 0 Å². The Morgan fingerprint density at radius 2 is 1.77 bits per heavy atom. The molecule has 6 nitrogen and oxygen atoms in total. The summed E-state index contributed by atoms with van der Waals surface area (Å²) in [5.41, 5.74) is 3.53. The quantitative estimate of drug-likeness (QED) is 0.430.